The van der Waals surface area contributed by atoms with E-state index in [0.717, 1.165) is 6.42 Å². The van der Waals surface area contributed by atoms with E-state index in [-0.39, 0.29) is 17.3 Å². The smallest absolute Gasteiger partial charge is 0.309 e. The van der Waals surface area contributed by atoms with Crippen LogP contribution < -0.4 is 0 Å². The van der Waals surface area contributed by atoms with Crippen LogP contribution in [-0.2, 0) is 9.53 Å². The zero-order valence-electron chi connectivity index (χ0n) is 6.81. The fraction of sp³-hybridized carbons (Fsp3) is 0.875. The Balaban J connectivity index is 2.33. The number of carbonyl (C=O) groups is 1. The Labute approximate surface area is 61.6 Å². The van der Waals surface area contributed by atoms with E-state index in [0.29, 0.717) is 6.61 Å². The van der Waals surface area contributed by atoms with Gasteiger partial charge in [-0.25, -0.2) is 0 Å². The van der Waals surface area contributed by atoms with E-state index in [9.17, 15) is 4.79 Å². The molecule has 0 radical (unpaired) electrons. The Morgan fingerprint density at radius 2 is 2.20 bits per heavy atom. The molecule has 1 aliphatic rings. The number of hydrogen-bond donors (Lipinski definition) is 0. The topological polar surface area (TPSA) is 26.3 Å². The van der Waals surface area contributed by atoms with Gasteiger partial charge in [0.15, 0.2) is 0 Å². The first-order valence-electron chi connectivity index (χ1n) is 3.74. The van der Waals surface area contributed by atoms with Crippen molar-refractivity contribution >= 4 is 5.97 Å². The van der Waals surface area contributed by atoms with Crippen molar-refractivity contribution in [3.8, 4) is 0 Å². The minimum Gasteiger partial charge on any atom is -0.466 e. The van der Waals surface area contributed by atoms with Gasteiger partial charge in [-0.3, -0.25) is 4.79 Å². The summed E-state index contributed by atoms with van der Waals surface area (Å²) in [6, 6.07) is 0. The van der Waals surface area contributed by atoms with Gasteiger partial charge in [-0.2, -0.15) is 0 Å². The van der Waals surface area contributed by atoms with E-state index in [1.165, 1.54) is 0 Å². The molecule has 0 unspecified atom stereocenters. The fourth-order valence-corrected chi connectivity index (χ4v) is 1.11. The zero-order chi connectivity index (χ0) is 7.78. The van der Waals surface area contributed by atoms with Crippen LogP contribution in [-0.4, -0.2) is 12.6 Å². The molecule has 0 aliphatic heterocycles. The predicted octanol–water partition coefficient (Wildman–Crippen LogP) is 1.60. The first kappa shape index (κ1) is 7.58. The summed E-state index contributed by atoms with van der Waals surface area (Å²) in [6.07, 6.45) is 0.992. The molecule has 1 fully saturated rings. The summed E-state index contributed by atoms with van der Waals surface area (Å²) in [5.41, 5.74) is 0.215. The molecule has 10 heavy (non-hydrogen) atoms. The molecule has 58 valence electrons. The third-order valence-electron chi connectivity index (χ3n) is 2.08. The summed E-state index contributed by atoms with van der Waals surface area (Å²) in [5, 5.41) is 0. The molecule has 0 aromatic rings. The summed E-state index contributed by atoms with van der Waals surface area (Å²) in [4.78, 5) is 11.0. The Kier molecular flexibility index (Phi) is 1.71. The highest BCUT2D eigenvalue weighted by molar-refractivity contribution is 5.76. The summed E-state index contributed by atoms with van der Waals surface area (Å²) in [5.74, 6) is 0.153. The molecule has 1 atom stereocenters. The van der Waals surface area contributed by atoms with E-state index >= 15 is 0 Å². The highest BCUT2D eigenvalue weighted by atomic mass is 16.5. The van der Waals surface area contributed by atoms with Crippen molar-refractivity contribution in [2.75, 3.05) is 6.61 Å². The number of ether oxygens (including phenoxy) is 1. The Morgan fingerprint density at radius 3 is 2.50 bits per heavy atom. The second-order valence-corrected chi connectivity index (χ2v) is 3.50. The lowest BCUT2D eigenvalue weighted by Gasteiger charge is -2.01. The lowest BCUT2D eigenvalue weighted by atomic mass is 10.1. The van der Waals surface area contributed by atoms with Crippen molar-refractivity contribution in [1.29, 1.82) is 0 Å². The molecule has 2 nitrogen and oxygen atoms in total. The maximum Gasteiger partial charge on any atom is 0.309 e. The first-order chi connectivity index (χ1) is 4.58. The van der Waals surface area contributed by atoms with Crippen molar-refractivity contribution in [2.45, 2.75) is 27.2 Å². The third-order valence-corrected chi connectivity index (χ3v) is 2.08. The van der Waals surface area contributed by atoms with Crippen molar-refractivity contribution in [3.05, 3.63) is 0 Å². The maximum atomic E-state index is 11.0. The highest BCUT2D eigenvalue weighted by Gasteiger charge is 2.51. The van der Waals surface area contributed by atoms with Crippen molar-refractivity contribution in [2.24, 2.45) is 11.3 Å². The van der Waals surface area contributed by atoms with Gasteiger partial charge in [-0.15, -0.1) is 0 Å². The Bertz CT molecular complexity index is 149. The molecule has 0 spiro atoms. The molecule has 0 bridgehead atoms. The van der Waals surface area contributed by atoms with Gasteiger partial charge >= 0.3 is 5.97 Å². The molecule has 1 saturated carbocycles. The van der Waals surface area contributed by atoms with Gasteiger partial charge in [0.05, 0.1) is 12.5 Å². The molecule has 0 saturated heterocycles. The largest absolute Gasteiger partial charge is 0.466 e. The summed E-state index contributed by atoms with van der Waals surface area (Å²) < 4.78 is 4.86. The van der Waals surface area contributed by atoms with E-state index in [4.69, 9.17) is 4.74 Å². The van der Waals surface area contributed by atoms with Gasteiger partial charge in [0.2, 0.25) is 0 Å². The van der Waals surface area contributed by atoms with Crippen LogP contribution in [0, 0.1) is 11.3 Å². The van der Waals surface area contributed by atoms with Crippen molar-refractivity contribution in [3.63, 3.8) is 0 Å². The molecular weight excluding hydrogens is 128 g/mol. The second-order valence-electron chi connectivity index (χ2n) is 3.50. The van der Waals surface area contributed by atoms with Crippen LogP contribution in [0.15, 0.2) is 0 Å². The minimum atomic E-state index is -0.0208. The normalized spacial score (nSPS) is 27.7. The van der Waals surface area contributed by atoms with Crippen LogP contribution in [0.3, 0.4) is 0 Å². The van der Waals surface area contributed by atoms with Crippen LogP contribution in [0.2, 0.25) is 0 Å². The fourth-order valence-electron chi connectivity index (χ4n) is 1.11. The van der Waals surface area contributed by atoms with E-state index in [1.807, 2.05) is 6.92 Å². The molecule has 2 heteroatoms. The van der Waals surface area contributed by atoms with Gasteiger partial charge in [-0.05, 0) is 18.8 Å². The Morgan fingerprint density at radius 1 is 1.70 bits per heavy atom. The monoisotopic (exact) mass is 142 g/mol. The predicted molar refractivity (Wildman–Crippen MR) is 38.5 cm³/mol. The molecule has 0 heterocycles. The van der Waals surface area contributed by atoms with Gasteiger partial charge < -0.3 is 4.74 Å². The molecule has 0 amide bonds. The Hall–Kier alpha value is -0.530. The van der Waals surface area contributed by atoms with Crippen LogP contribution in [0.1, 0.15) is 27.2 Å². The standard InChI is InChI=1S/C8H14O2/c1-4-10-7(9)6-5-8(6,2)3/h6H,4-5H2,1-3H3/t6-/m1/s1. The van der Waals surface area contributed by atoms with Crippen LogP contribution in [0.5, 0.6) is 0 Å². The SMILES string of the molecule is CCOC(=O)[C@H]1CC1(C)C. The molecule has 0 aromatic carbocycles. The molecular formula is C8H14O2. The first-order valence-corrected chi connectivity index (χ1v) is 3.74. The number of rotatable bonds is 2. The highest BCUT2D eigenvalue weighted by Crippen LogP contribution is 2.52. The van der Waals surface area contributed by atoms with Gasteiger partial charge in [0.1, 0.15) is 0 Å². The van der Waals surface area contributed by atoms with Gasteiger partial charge in [0.25, 0.3) is 0 Å². The average molecular weight is 142 g/mol. The van der Waals surface area contributed by atoms with Crippen molar-refractivity contribution < 1.29 is 9.53 Å². The number of carbonyl (C=O) groups excluding carboxylic acids is 1. The van der Waals surface area contributed by atoms with E-state index in [1.54, 1.807) is 0 Å². The second kappa shape index (κ2) is 2.26. The zero-order valence-corrected chi connectivity index (χ0v) is 6.81. The molecule has 1 aliphatic carbocycles. The van der Waals surface area contributed by atoms with E-state index in [2.05, 4.69) is 13.8 Å². The molecule has 1 rings (SSSR count). The lowest BCUT2D eigenvalue weighted by Crippen LogP contribution is -2.09. The number of esters is 1. The summed E-state index contributed by atoms with van der Waals surface area (Å²) >= 11 is 0. The molecule has 0 N–H and O–H groups in total. The molecule has 0 aromatic heterocycles. The van der Waals surface area contributed by atoms with E-state index < -0.39 is 0 Å². The maximum absolute atomic E-state index is 11.0. The summed E-state index contributed by atoms with van der Waals surface area (Å²) in [7, 11) is 0. The number of hydrogen-bond acceptors (Lipinski definition) is 2. The average Bonchev–Trinajstić information content (AvgIpc) is 2.41. The van der Waals surface area contributed by atoms with Gasteiger partial charge in [0, 0.05) is 0 Å². The van der Waals surface area contributed by atoms with Crippen LogP contribution in [0.4, 0.5) is 0 Å². The lowest BCUT2D eigenvalue weighted by molar-refractivity contribution is -0.145. The van der Waals surface area contributed by atoms with Crippen molar-refractivity contribution in [1.82, 2.24) is 0 Å². The quantitative estimate of drug-likeness (QED) is 0.547. The van der Waals surface area contributed by atoms with Crippen LogP contribution >= 0.6 is 0 Å². The van der Waals surface area contributed by atoms with Gasteiger partial charge in [-0.1, -0.05) is 13.8 Å². The minimum absolute atomic E-state index is 0.0208. The summed E-state index contributed by atoms with van der Waals surface area (Å²) in [6.45, 7) is 6.53. The third kappa shape index (κ3) is 1.31. The van der Waals surface area contributed by atoms with Crippen LogP contribution in [0.25, 0.3) is 0 Å².